The lowest BCUT2D eigenvalue weighted by Crippen LogP contribution is -2.18. The number of rotatable bonds is 6. The van der Waals surface area contributed by atoms with Gasteiger partial charge in [-0.3, -0.25) is 4.79 Å². The summed E-state index contributed by atoms with van der Waals surface area (Å²) in [5.41, 5.74) is 2.20. The summed E-state index contributed by atoms with van der Waals surface area (Å²) in [5.74, 6) is 1.20. The second-order valence-electron chi connectivity index (χ2n) is 6.52. The zero-order valence-electron chi connectivity index (χ0n) is 16.2. The molecule has 0 bridgehead atoms. The first-order valence-corrected chi connectivity index (χ1v) is 9.70. The number of hydrogen-bond donors (Lipinski definition) is 1. The van der Waals surface area contributed by atoms with Crippen molar-refractivity contribution in [2.45, 2.75) is 6.61 Å². The second-order valence-corrected chi connectivity index (χ2v) is 6.91. The fourth-order valence-electron chi connectivity index (χ4n) is 3.00. The van der Waals surface area contributed by atoms with Crippen molar-refractivity contribution in [3.05, 3.63) is 99.0 Å². The van der Waals surface area contributed by atoms with Gasteiger partial charge in [0.25, 0.3) is 5.56 Å². The van der Waals surface area contributed by atoms with Crippen molar-refractivity contribution in [2.75, 3.05) is 7.11 Å². The zero-order valence-corrected chi connectivity index (χ0v) is 17.1. The molecule has 0 saturated carbocycles. The van der Waals surface area contributed by atoms with Gasteiger partial charge in [0.15, 0.2) is 11.5 Å². The largest absolute Gasteiger partial charge is 0.493 e. The molecule has 0 spiro atoms. The van der Waals surface area contributed by atoms with Gasteiger partial charge in [0.1, 0.15) is 6.61 Å². The van der Waals surface area contributed by atoms with Crippen molar-refractivity contribution in [3.8, 4) is 11.5 Å². The Morgan fingerprint density at radius 2 is 1.80 bits per heavy atom. The molecule has 1 heterocycles. The Hall–Kier alpha value is -3.71. The van der Waals surface area contributed by atoms with Crippen LogP contribution in [0.2, 0.25) is 0 Å². The number of methoxy groups -OCH3 is 1. The average Bonchev–Trinajstić information content (AvgIpc) is 2.78. The van der Waals surface area contributed by atoms with E-state index in [1.807, 2.05) is 48.5 Å². The van der Waals surface area contributed by atoms with Crippen LogP contribution in [-0.4, -0.2) is 23.0 Å². The molecule has 4 aromatic rings. The Morgan fingerprint density at radius 3 is 2.60 bits per heavy atom. The molecule has 1 N–H and O–H groups in total. The molecule has 0 saturated heterocycles. The van der Waals surface area contributed by atoms with E-state index < -0.39 is 0 Å². The van der Waals surface area contributed by atoms with Gasteiger partial charge >= 0.3 is 0 Å². The van der Waals surface area contributed by atoms with E-state index in [9.17, 15) is 4.79 Å². The molecular formula is C23H19N3O3S. The van der Waals surface area contributed by atoms with E-state index in [0.29, 0.717) is 29.0 Å². The van der Waals surface area contributed by atoms with E-state index in [4.69, 9.17) is 21.7 Å². The molecule has 1 aromatic heterocycles. The van der Waals surface area contributed by atoms with Crippen molar-refractivity contribution in [2.24, 2.45) is 5.10 Å². The highest BCUT2D eigenvalue weighted by Crippen LogP contribution is 2.28. The number of hydrogen-bond acceptors (Lipinski definition) is 5. The van der Waals surface area contributed by atoms with Crippen molar-refractivity contribution in [3.63, 3.8) is 0 Å². The van der Waals surface area contributed by atoms with E-state index in [2.05, 4.69) is 10.1 Å². The average molecular weight is 417 g/mol. The van der Waals surface area contributed by atoms with E-state index in [1.165, 1.54) is 4.68 Å². The number of nitrogens with one attached hydrogen (secondary N) is 1. The molecule has 0 aliphatic carbocycles. The zero-order chi connectivity index (χ0) is 20.9. The van der Waals surface area contributed by atoms with Gasteiger partial charge in [-0.1, -0.05) is 42.5 Å². The van der Waals surface area contributed by atoms with E-state index in [-0.39, 0.29) is 10.3 Å². The molecule has 0 atom stereocenters. The lowest BCUT2D eigenvalue weighted by Gasteiger charge is -2.11. The molecule has 3 aromatic carbocycles. The first-order chi connectivity index (χ1) is 14.7. The third-order valence-electron chi connectivity index (χ3n) is 4.53. The standard InChI is InChI=1S/C23H19N3O3S/c1-28-20-12-11-17(13-21(20)29-15-16-7-3-2-4-8-16)14-24-26-22(27)18-9-5-6-10-19(18)25-23(26)30/h2-14H,15H2,1H3,(H,25,30)/b24-14-. The van der Waals surface area contributed by atoms with Gasteiger partial charge in [-0.2, -0.15) is 9.78 Å². The second kappa shape index (κ2) is 8.75. The van der Waals surface area contributed by atoms with Crippen LogP contribution in [-0.2, 0) is 6.61 Å². The molecule has 6 nitrogen and oxygen atoms in total. The maximum absolute atomic E-state index is 12.7. The minimum atomic E-state index is -0.278. The van der Waals surface area contributed by atoms with Gasteiger partial charge < -0.3 is 14.5 Å². The fraction of sp³-hybridized carbons (Fsp3) is 0.0870. The number of nitrogens with zero attached hydrogens (tertiary/aromatic N) is 2. The SMILES string of the molecule is COc1ccc(/C=N\n2c(=S)[nH]c3ccccc3c2=O)cc1OCc1ccccc1. The summed E-state index contributed by atoms with van der Waals surface area (Å²) in [6.07, 6.45) is 1.56. The Bertz CT molecular complexity index is 1330. The Morgan fingerprint density at radius 1 is 1.03 bits per heavy atom. The number of aromatic amines is 1. The van der Waals surface area contributed by atoms with Crippen molar-refractivity contribution in [1.29, 1.82) is 0 Å². The predicted octanol–water partition coefficient (Wildman–Crippen LogP) is 4.53. The smallest absolute Gasteiger partial charge is 0.282 e. The summed E-state index contributed by atoms with van der Waals surface area (Å²) >= 11 is 5.29. The summed E-state index contributed by atoms with van der Waals surface area (Å²) in [7, 11) is 1.59. The van der Waals surface area contributed by atoms with Crippen LogP contribution in [0.25, 0.3) is 10.9 Å². The van der Waals surface area contributed by atoms with Crippen LogP contribution < -0.4 is 15.0 Å². The van der Waals surface area contributed by atoms with Gasteiger partial charge in [-0.15, -0.1) is 0 Å². The van der Waals surface area contributed by atoms with Gasteiger partial charge in [0.2, 0.25) is 4.77 Å². The monoisotopic (exact) mass is 417 g/mol. The minimum absolute atomic E-state index is 0.226. The highest BCUT2D eigenvalue weighted by Gasteiger charge is 2.07. The molecule has 0 radical (unpaired) electrons. The van der Waals surface area contributed by atoms with Crippen molar-refractivity contribution >= 4 is 29.3 Å². The fourth-order valence-corrected chi connectivity index (χ4v) is 3.24. The summed E-state index contributed by atoms with van der Waals surface area (Å²) < 4.78 is 12.7. The van der Waals surface area contributed by atoms with Crippen LogP contribution in [0, 0.1) is 4.77 Å². The normalized spacial score (nSPS) is 11.1. The predicted molar refractivity (Wildman–Crippen MR) is 120 cm³/mol. The molecule has 0 amide bonds. The third-order valence-corrected chi connectivity index (χ3v) is 4.81. The molecule has 0 aliphatic heterocycles. The van der Waals surface area contributed by atoms with Crippen molar-refractivity contribution < 1.29 is 9.47 Å². The summed E-state index contributed by atoms with van der Waals surface area (Å²) in [4.78, 5) is 15.7. The number of fused-ring (bicyclic) bond motifs is 1. The molecule has 30 heavy (non-hydrogen) atoms. The van der Waals surface area contributed by atoms with Crippen LogP contribution in [0.5, 0.6) is 11.5 Å². The first kappa shape index (κ1) is 19.6. The van der Waals surface area contributed by atoms with Gasteiger partial charge in [-0.05, 0) is 53.7 Å². The molecule has 0 fully saturated rings. The van der Waals surface area contributed by atoms with Crippen LogP contribution in [0.1, 0.15) is 11.1 Å². The number of H-pyrrole nitrogens is 1. The lowest BCUT2D eigenvalue weighted by molar-refractivity contribution is 0.284. The van der Waals surface area contributed by atoms with Gasteiger partial charge in [0, 0.05) is 0 Å². The van der Waals surface area contributed by atoms with E-state index >= 15 is 0 Å². The minimum Gasteiger partial charge on any atom is -0.493 e. The Balaban J connectivity index is 1.63. The highest BCUT2D eigenvalue weighted by molar-refractivity contribution is 7.71. The van der Waals surface area contributed by atoms with Crippen molar-refractivity contribution in [1.82, 2.24) is 9.66 Å². The van der Waals surface area contributed by atoms with Crippen LogP contribution in [0.3, 0.4) is 0 Å². The number of aromatic nitrogens is 2. The highest BCUT2D eigenvalue weighted by atomic mass is 32.1. The van der Waals surface area contributed by atoms with E-state index in [1.54, 1.807) is 37.6 Å². The van der Waals surface area contributed by atoms with Crippen LogP contribution in [0.15, 0.2) is 82.7 Å². The van der Waals surface area contributed by atoms with Crippen LogP contribution in [0.4, 0.5) is 0 Å². The van der Waals surface area contributed by atoms with Gasteiger partial charge in [0.05, 0.1) is 24.2 Å². The number of benzene rings is 3. The maximum Gasteiger partial charge on any atom is 0.282 e. The van der Waals surface area contributed by atoms with Crippen LogP contribution >= 0.6 is 12.2 Å². The number of para-hydroxylation sites is 1. The maximum atomic E-state index is 12.7. The molecule has 4 rings (SSSR count). The quantitative estimate of drug-likeness (QED) is 0.370. The molecule has 0 unspecified atom stereocenters. The summed E-state index contributed by atoms with van der Waals surface area (Å²) in [6, 6.07) is 22.5. The lowest BCUT2D eigenvalue weighted by atomic mass is 10.2. The molecule has 7 heteroatoms. The topological polar surface area (TPSA) is 68.6 Å². The third kappa shape index (κ3) is 4.16. The van der Waals surface area contributed by atoms with Gasteiger partial charge in [-0.25, -0.2) is 0 Å². The Labute approximate surface area is 178 Å². The molecular weight excluding hydrogens is 398 g/mol. The molecule has 150 valence electrons. The van der Waals surface area contributed by atoms with E-state index in [0.717, 1.165) is 11.1 Å². The first-order valence-electron chi connectivity index (χ1n) is 9.29. The summed E-state index contributed by atoms with van der Waals surface area (Å²) in [5, 5.41) is 4.81. The number of ether oxygens (including phenoxy) is 2. The Kier molecular flexibility index (Phi) is 5.72. The summed E-state index contributed by atoms with van der Waals surface area (Å²) in [6.45, 7) is 0.410. The molecule has 0 aliphatic rings.